The van der Waals surface area contributed by atoms with E-state index in [4.69, 9.17) is 9.26 Å². The summed E-state index contributed by atoms with van der Waals surface area (Å²) in [4.78, 5) is 13.9. The molecule has 1 saturated heterocycles. The van der Waals surface area contributed by atoms with E-state index in [0.717, 1.165) is 44.6 Å². The maximum Gasteiger partial charge on any atom is 0.275 e. The number of rotatable bonds is 6. The van der Waals surface area contributed by atoms with Crippen LogP contribution in [-0.2, 0) is 4.74 Å². The smallest absolute Gasteiger partial charge is 0.275 e. The zero-order valence-electron chi connectivity index (χ0n) is 12.6. The first-order valence-corrected chi connectivity index (χ1v) is 7.41. The summed E-state index contributed by atoms with van der Waals surface area (Å²) >= 11 is 0. The van der Waals surface area contributed by atoms with E-state index in [1.807, 2.05) is 20.9 Å². The molecule has 0 bridgehead atoms. The molecule has 1 fully saturated rings. The van der Waals surface area contributed by atoms with Gasteiger partial charge >= 0.3 is 0 Å². The van der Waals surface area contributed by atoms with Crippen LogP contribution in [0.2, 0.25) is 0 Å². The Balaban J connectivity index is 1.78. The lowest BCUT2D eigenvalue weighted by atomic mass is 10.1. The lowest BCUT2D eigenvalue weighted by Gasteiger charge is -2.16. The summed E-state index contributed by atoms with van der Waals surface area (Å²) < 4.78 is 10.7. The fraction of sp³-hybridized carbons (Fsp3) is 0.733. The minimum atomic E-state index is -0.0759. The van der Waals surface area contributed by atoms with Gasteiger partial charge < -0.3 is 14.2 Å². The number of carbonyl (C=O) groups excluding carboxylic acids is 1. The van der Waals surface area contributed by atoms with E-state index in [0.29, 0.717) is 11.8 Å². The van der Waals surface area contributed by atoms with E-state index < -0.39 is 0 Å². The van der Waals surface area contributed by atoms with Crippen molar-refractivity contribution in [2.24, 2.45) is 0 Å². The molecule has 5 heteroatoms. The van der Waals surface area contributed by atoms with Gasteiger partial charge in [-0.3, -0.25) is 4.79 Å². The Morgan fingerprint density at radius 2 is 2.35 bits per heavy atom. The fourth-order valence-corrected chi connectivity index (χ4v) is 2.39. The minimum absolute atomic E-state index is 0.0759. The highest BCUT2D eigenvalue weighted by molar-refractivity contribution is 5.92. The third-order valence-electron chi connectivity index (χ3n) is 3.71. The summed E-state index contributed by atoms with van der Waals surface area (Å²) in [5, 5.41) is 3.85. The topological polar surface area (TPSA) is 55.6 Å². The van der Waals surface area contributed by atoms with Crippen LogP contribution in [0, 0.1) is 0 Å². The van der Waals surface area contributed by atoms with E-state index in [2.05, 4.69) is 5.16 Å². The molecular weight excluding hydrogens is 256 g/mol. The maximum atomic E-state index is 12.2. The summed E-state index contributed by atoms with van der Waals surface area (Å²) in [6.07, 6.45) is 4.68. The lowest BCUT2D eigenvalue weighted by Crippen LogP contribution is -2.28. The Morgan fingerprint density at radius 3 is 2.95 bits per heavy atom. The van der Waals surface area contributed by atoms with Crippen molar-refractivity contribution in [2.45, 2.75) is 51.6 Å². The summed E-state index contributed by atoms with van der Waals surface area (Å²) in [5.74, 6) is 0.919. The summed E-state index contributed by atoms with van der Waals surface area (Å²) in [7, 11) is 1.81. The van der Waals surface area contributed by atoms with Crippen LogP contribution in [0.3, 0.4) is 0 Å². The minimum Gasteiger partial charge on any atom is -0.378 e. The van der Waals surface area contributed by atoms with Gasteiger partial charge in [0.2, 0.25) is 0 Å². The van der Waals surface area contributed by atoms with Crippen LogP contribution in [0.25, 0.3) is 0 Å². The summed E-state index contributed by atoms with van der Waals surface area (Å²) in [6.45, 7) is 5.64. The molecule has 1 amide bonds. The van der Waals surface area contributed by atoms with Gasteiger partial charge in [-0.25, -0.2) is 0 Å². The highest BCUT2D eigenvalue weighted by Crippen LogP contribution is 2.18. The van der Waals surface area contributed by atoms with E-state index >= 15 is 0 Å². The van der Waals surface area contributed by atoms with Crippen molar-refractivity contribution in [3.8, 4) is 0 Å². The summed E-state index contributed by atoms with van der Waals surface area (Å²) in [6, 6.07) is 1.74. The predicted molar refractivity (Wildman–Crippen MR) is 75.8 cm³/mol. The number of ether oxygens (including phenoxy) is 1. The SMILES string of the molecule is CC(C)c1cc(C(=O)N(C)CCCC2CCCO2)no1. The first kappa shape index (κ1) is 15.0. The quantitative estimate of drug-likeness (QED) is 0.804. The molecular formula is C15H24N2O3. The summed E-state index contributed by atoms with van der Waals surface area (Å²) in [5.41, 5.74) is 0.397. The number of amides is 1. The van der Waals surface area contributed by atoms with Gasteiger partial charge in [0.05, 0.1) is 6.10 Å². The Morgan fingerprint density at radius 1 is 1.55 bits per heavy atom. The molecule has 1 aliphatic heterocycles. The molecule has 1 unspecified atom stereocenters. The molecule has 0 aromatic carbocycles. The molecule has 0 aliphatic carbocycles. The second kappa shape index (κ2) is 6.88. The third kappa shape index (κ3) is 3.82. The second-order valence-corrected chi connectivity index (χ2v) is 5.77. The van der Waals surface area contributed by atoms with Gasteiger partial charge in [-0.15, -0.1) is 0 Å². The highest BCUT2D eigenvalue weighted by Gasteiger charge is 2.19. The zero-order valence-corrected chi connectivity index (χ0v) is 12.6. The zero-order chi connectivity index (χ0) is 14.5. The molecule has 0 radical (unpaired) electrons. The van der Waals surface area contributed by atoms with E-state index in [-0.39, 0.29) is 11.8 Å². The van der Waals surface area contributed by atoms with Crippen LogP contribution in [0.1, 0.15) is 61.7 Å². The number of hydrogen-bond donors (Lipinski definition) is 0. The average Bonchev–Trinajstić information content (AvgIpc) is 3.08. The van der Waals surface area contributed by atoms with Crippen LogP contribution in [0.5, 0.6) is 0 Å². The van der Waals surface area contributed by atoms with Crippen LogP contribution < -0.4 is 0 Å². The van der Waals surface area contributed by atoms with Gasteiger partial charge in [0.15, 0.2) is 5.69 Å². The molecule has 112 valence electrons. The molecule has 0 saturated carbocycles. The molecule has 1 atom stereocenters. The molecule has 2 heterocycles. The van der Waals surface area contributed by atoms with Gasteiger partial charge in [-0.2, -0.15) is 0 Å². The molecule has 0 N–H and O–H groups in total. The number of carbonyl (C=O) groups is 1. The van der Waals surface area contributed by atoms with Crippen molar-refractivity contribution >= 4 is 5.91 Å². The molecule has 1 aromatic heterocycles. The van der Waals surface area contributed by atoms with Gasteiger partial charge in [0.1, 0.15) is 5.76 Å². The Labute approximate surface area is 120 Å². The Kier molecular flexibility index (Phi) is 5.17. The van der Waals surface area contributed by atoms with Crippen molar-refractivity contribution in [1.29, 1.82) is 0 Å². The molecule has 5 nitrogen and oxygen atoms in total. The largest absolute Gasteiger partial charge is 0.378 e. The molecule has 2 rings (SSSR count). The molecule has 20 heavy (non-hydrogen) atoms. The van der Waals surface area contributed by atoms with Crippen LogP contribution in [0.15, 0.2) is 10.6 Å². The lowest BCUT2D eigenvalue weighted by molar-refractivity contribution is 0.0753. The van der Waals surface area contributed by atoms with Crippen LogP contribution in [0.4, 0.5) is 0 Å². The van der Waals surface area contributed by atoms with Gasteiger partial charge in [0.25, 0.3) is 5.91 Å². The first-order valence-electron chi connectivity index (χ1n) is 7.41. The standard InChI is InChI=1S/C15H24N2O3/c1-11(2)14-10-13(16-20-14)15(18)17(3)8-4-6-12-7-5-9-19-12/h10-12H,4-9H2,1-3H3. The van der Waals surface area contributed by atoms with Crippen LogP contribution >= 0.6 is 0 Å². The number of hydrogen-bond acceptors (Lipinski definition) is 4. The Bertz CT molecular complexity index is 436. The van der Waals surface area contributed by atoms with Gasteiger partial charge in [-0.05, 0) is 25.7 Å². The number of aromatic nitrogens is 1. The predicted octanol–water partition coefficient (Wildman–Crippen LogP) is 2.83. The second-order valence-electron chi connectivity index (χ2n) is 5.77. The maximum absolute atomic E-state index is 12.2. The first-order chi connectivity index (χ1) is 9.58. The van der Waals surface area contributed by atoms with E-state index in [9.17, 15) is 4.79 Å². The van der Waals surface area contributed by atoms with Crippen molar-refractivity contribution in [1.82, 2.24) is 10.1 Å². The normalized spacial score (nSPS) is 18.7. The average molecular weight is 280 g/mol. The molecule has 1 aliphatic rings. The van der Waals surface area contributed by atoms with Crippen molar-refractivity contribution in [3.63, 3.8) is 0 Å². The monoisotopic (exact) mass is 280 g/mol. The number of nitrogens with zero attached hydrogens (tertiary/aromatic N) is 2. The van der Waals surface area contributed by atoms with Crippen LogP contribution in [-0.4, -0.2) is 42.3 Å². The third-order valence-corrected chi connectivity index (χ3v) is 3.71. The van der Waals surface area contributed by atoms with Crippen molar-refractivity contribution in [2.75, 3.05) is 20.2 Å². The fourth-order valence-electron chi connectivity index (χ4n) is 2.39. The van der Waals surface area contributed by atoms with Crippen molar-refractivity contribution < 1.29 is 14.1 Å². The highest BCUT2D eigenvalue weighted by atomic mass is 16.5. The molecule has 1 aromatic rings. The molecule has 0 spiro atoms. The van der Waals surface area contributed by atoms with Gasteiger partial charge in [0, 0.05) is 32.2 Å². The van der Waals surface area contributed by atoms with E-state index in [1.54, 1.807) is 11.0 Å². The van der Waals surface area contributed by atoms with Gasteiger partial charge in [-0.1, -0.05) is 19.0 Å². The van der Waals surface area contributed by atoms with Crippen molar-refractivity contribution in [3.05, 3.63) is 17.5 Å². The Hall–Kier alpha value is -1.36. The van der Waals surface area contributed by atoms with E-state index in [1.165, 1.54) is 0 Å².